The predicted octanol–water partition coefficient (Wildman–Crippen LogP) is 6.13. The maximum absolute atomic E-state index is 11.2. The van der Waals surface area contributed by atoms with E-state index in [1.165, 1.54) is 57.8 Å². The second-order valence-electron chi connectivity index (χ2n) is 8.24. The van der Waals surface area contributed by atoms with E-state index in [2.05, 4.69) is 19.2 Å². The standard InChI is InChI=1S/C23H36O3/c1-4-6-18-8-12-20(13-9-18)21-14-10-19(11-15-21)16-26-22(7-5-2)17(3)23(24)25/h4-5,18-21H,1-2,6-16H2,3H3,(H,24,25). The van der Waals surface area contributed by atoms with E-state index in [-0.39, 0.29) is 0 Å². The fraction of sp³-hybridized carbons (Fsp3) is 0.696. The molecule has 2 rings (SSSR count). The molecule has 2 aliphatic rings. The van der Waals surface area contributed by atoms with Gasteiger partial charge in [0.05, 0.1) is 12.2 Å². The summed E-state index contributed by atoms with van der Waals surface area (Å²) in [6, 6.07) is 0. The Morgan fingerprint density at radius 3 is 1.96 bits per heavy atom. The molecule has 0 saturated heterocycles. The summed E-state index contributed by atoms with van der Waals surface area (Å²) in [5.41, 5.74) is 0.301. The van der Waals surface area contributed by atoms with Crippen LogP contribution in [0.15, 0.2) is 36.6 Å². The molecule has 0 aliphatic heterocycles. The number of carboxylic acids is 1. The van der Waals surface area contributed by atoms with Crippen molar-refractivity contribution in [1.29, 1.82) is 0 Å². The number of carboxylic acid groups (broad SMARTS) is 1. The molecule has 26 heavy (non-hydrogen) atoms. The molecule has 0 unspecified atom stereocenters. The minimum Gasteiger partial charge on any atom is -0.497 e. The van der Waals surface area contributed by atoms with Gasteiger partial charge in [0.2, 0.25) is 0 Å². The summed E-state index contributed by atoms with van der Waals surface area (Å²) in [7, 11) is 0. The molecule has 3 nitrogen and oxygen atoms in total. The number of rotatable bonds is 9. The maximum atomic E-state index is 11.2. The third-order valence-corrected chi connectivity index (χ3v) is 6.51. The van der Waals surface area contributed by atoms with E-state index < -0.39 is 5.97 Å². The van der Waals surface area contributed by atoms with E-state index in [0.29, 0.717) is 30.3 Å². The molecule has 1 N–H and O–H groups in total. The molecule has 0 spiro atoms. The van der Waals surface area contributed by atoms with Gasteiger partial charge in [-0.3, -0.25) is 0 Å². The van der Waals surface area contributed by atoms with E-state index in [1.807, 2.05) is 0 Å². The average molecular weight is 361 g/mol. The minimum atomic E-state index is -0.905. The Balaban J connectivity index is 1.74. The van der Waals surface area contributed by atoms with Crippen molar-refractivity contribution >= 4 is 5.97 Å². The van der Waals surface area contributed by atoms with Crippen molar-refractivity contribution in [1.82, 2.24) is 0 Å². The number of carbonyl (C=O) groups is 1. The van der Waals surface area contributed by atoms with Gasteiger partial charge < -0.3 is 9.84 Å². The molecule has 0 radical (unpaired) electrons. The van der Waals surface area contributed by atoms with Crippen LogP contribution >= 0.6 is 0 Å². The Morgan fingerprint density at radius 1 is 0.962 bits per heavy atom. The van der Waals surface area contributed by atoms with Crippen molar-refractivity contribution in [2.24, 2.45) is 23.7 Å². The lowest BCUT2D eigenvalue weighted by molar-refractivity contribution is -0.132. The summed E-state index contributed by atoms with van der Waals surface area (Å²) in [6.07, 6.45) is 16.1. The molecule has 0 bridgehead atoms. The van der Waals surface area contributed by atoms with Gasteiger partial charge in [-0.25, -0.2) is 4.79 Å². The van der Waals surface area contributed by atoms with E-state index >= 15 is 0 Å². The number of aliphatic carboxylic acids is 1. The van der Waals surface area contributed by atoms with Crippen LogP contribution in [0.1, 0.15) is 71.1 Å². The second kappa shape index (κ2) is 10.6. The number of allylic oxidation sites excluding steroid dienone is 2. The van der Waals surface area contributed by atoms with Crippen LogP contribution in [-0.4, -0.2) is 17.7 Å². The smallest absolute Gasteiger partial charge is 0.334 e. The van der Waals surface area contributed by atoms with E-state index in [9.17, 15) is 4.79 Å². The van der Waals surface area contributed by atoms with Crippen molar-refractivity contribution < 1.29 is 14.6 Å². The molecular formula is C23H36O3. The number of hydrogen-bond donors (Lipinski definition) is 1. The summed E-state index contributed by atoms with van der Waals surface area (Å²) >= 11 is 0. The summed E-state index contributed by atoms with van der Waals surface area (Å²) in [5, 5.41) is 9.17. The fourth-order valence-electron chi connectivity index (χ4n) is 4.75. The summed E-state index contributed by atoms with van der Waals surface area (Å²) in [5.74, 6) is 2.90. The zero-order valence-corrected chi connectivity index (χ0v) is 16.4. The highest BCUT2D eigenvalue weighted by molar-refractivity contribution is 5.86. The Kier molecular flexibility index (Phi) is 8.47. The predicted molar refractivity (Wildman–Crippen MR) is 107 cm³/mol. The van der Waals surface area contributed by atoms with Crippen molar-refractivity contribution in [2.75, 3.05) is 6.61 Å². The van der Waals surface area contributed by atoms with Crippen molar-refractivity contribution in [2.45, 2.75) is 71.1 Å². The topological polar surface area (TPSA) is 46.5 Å². The van der Waals surface area contributed by atoms with Crippen LogP contribution in [0.5, 0.6) is 0 Å². The van der Waals surface area contributed by atoms with Gasteiger partial charge in [0.1, 0.15) is 5.76 Å². The first kappa shape index (κ1) is 20.8. The van der Waals surface area contributed by atoms with Crippen molar-refractivity contribution in [3.05, 3.63) is 36.6 Å². The van der Waals surface area contributed by atoms with Gasteiger partial charge in [0.25, 0.3) is 0 Å². The molecule has 2 fully saturated rings. The third-order valence-electron chi connectivity index (χ3n) is 6.51. The van der Waals surface area contributed by atoms with E-state index in [0.717, 1.165) is 17.8 Å². The average Bonchev–Trinajstić information content (AvgIpc) is 2.66. The highest BCUT2D eigenvalue weighted by atomic mass is 16.5. The molecule has 3 heteroatoms. The first-order chi connectivity index (χ1) is 12.5. The number of hydrogen-bond acceptors (Lipinski definition) is 2. The molecule has 0 aromatic heterocycles. The zero-order chi connectivity index (χ0) is 18.9. The van der Waals surface area contributed by atoms with Crippen LogP contribution in [-0.2, 0) is 9.53 Å². The third kappa shape index (κ3) is 6.03. The SMILES string of the molecule is C=CCC(OCC1CCC(C2CCC(CC=C)CC2)CC1)=C(C)C(=O)O. The Labute approximate surface area is 159 Å². The fourth-order valence-corrected chi connectivity index (χ4v) is 4.75. The first-order valence-electron chi connectivity index (χ1n) is 10.3. The molecule has 0 atom stereocenters. The van der Waals surface area contributed by atoms with Gasteiger partial charge in [0, 0.05) is 6.42 Å². The molecule has 0 amide bonds. The van der Waals surface area contributed by atoms with Crippen LogP contribution < -0.4 is 0 Å². The number of ether oxygens (including phenoxy) is 1. The molecule has 146 valence electrons. The normalized spacial score (nSPS) is 30.2. The Bertz CT molecular complexity index is 504. The molecule has 0 aromatic carbocycles. The zero-order valence-electron chi connectivity index (χ0n) is 16.4. The van der Waals surface area contributed by atoms with Gasteiger partial charge in [-0.1, -0.05) is 12.2 Å². The molecular weight excluding hydrogens is 324 g/mol. The second-order valence-corrected chi connectivity index (χ2v) is 8.24. The summed E-state index contributed by atoms with van der Waals surface area (Å²) in [6.45, 7) is 9.84. The van der Waals surface area contributed by atoms with Crippen molar-refractivity contribution in [3.63, 3.8) is 0 Å². The van der Waals surface area contributed by atoms with E-state index in [4.69, 9.17) is 9.84 Å². The molecule has 2 aliphatic carbocycles. The van der Waals surface area contributed by atoms with Gasteiger partial charge in [-0.05, 0) is 88.4 Å². The van der Waals surface area contributed by atoms with Crippen molar-refractivity contribution in [3.8, 4) is 0 Å². The lowest BCUT2D eigenvalue weighted by atomic mass is 9.69. The molecule has 0 heterocycles. The summed E-state index contributed by atoms with van der Waals surface area (Å²) < 4.78 is 5.88. The lowest BCUT2D eigenvalue weighted by Gasteiger charge is -2.37. The highest BCUT2D eigenvalue weighted by Gasteiger charge is 2.30. The molecule has 0 aromatic rings. The quantitative estimate of drug-likeness (QED) is 0.306. The monoisotopic (exact) mass is 360 g/mol. The first-order valence-corrected chi connectivity index (χ1v) is 10.3. The highest BCUT2D eigenvalue weighted by Crippen LogP contribution is 2.42. The van der Waals surface area contributed by atoms with Crippen LogP contribution in [0.3, 0.4) is 0 Å². The van der Waals surface area contributed by atoms with Gasteiger partial charge in [-0.15, -0.1) is 13.2 Å². The van der Waals surface area contributed by atoms with Crippen LogP contribution in [0.25, 0.3) is 0 Å². The Hall–Kier alpha value is -1.51. The van der Waals surface area contributed by atoms with Gasteiger partial charge in [-0.2, -0.15) is 0 Å². The van der Waals surface area contributed by atoms with Crippen LogP contribution in [0.2, 0.25) is 0 Å². The van der Waals surface area contributed by atoms with Gasteiger partial charge in [0.15, 0.2) is 0 Å². The van der Waals surface area contributed by atoms with Gasteiger partial charge >= 0.3 is 5.97 Å². The lowest BCUT2D eigenvalue weighted by Crippen LogP contribution is -2.27. The maximum Gasteiger partial charge on any atom is 0.334 e. The minimum absolute atomic E-state index is 0.301. The molecule has 2 saturated carbocycles. The van der Waals surface area contributed by atoms with Crippen LogP contribution in [0, 0.1) is 23.7 Å². The largest absolute Gasteiger partial charge is 0.497 e. The van der Waals surface area contributed by atoms with E-state index in [1.54, 1.807) is 13.0 Å². The summed E-state index contributed by atoms with van der Waals surface area (Å²) in [4.78, 5) is 11.2. The Morgan fingerprint density at radius 2 is 1.50 bits per heavy atom. The van der Waals surface area contributed by atoms with Crippen LogP contribution in [0.4, 0.5) is 0 Å².